The van der Waals surface area contributed by atoms with Crippen LogP contribution in [0.3, 0.4) is 0 Å². The summed E-state index contributed by atoms with van der Waals surface area (Å²) in [6.07, 6.45) is 3.81. The Kier molecular flexibility index (Phi) is 2.77. The number of amides is 1. The number of nitrogen functional groups attached to an aromatic ring is 1. The number of carbonyl (C=O) groups excluding carboxylic acids is 1. The Labute approximate surface area is 110 Å². The monoisotopic (exact) mass is 260 g/mol. The molecule has 2 heterocycles. The first-order chi connectivity index (χ1) is 9.16. The van der Waals surface area contributed by atoms with Crippen molar-refractivity contribution in [3.8, 4) is 0 Å². The number of nitrogens with two attached hydrogens (primary N) is 1. The van der Waals surface area contributed by atoms with Crippen molar-refractivity contribution >= 4 is 11.6 Å². The minimum atomic E-state index is -0.197. The minimum absolute atomic E-state index is 0.197. The number of anilines is 1. The van der Waals surface area contributed by atoms with Gasteiger partial charge in [0.25, 0.3) is 5.91 Å². The lowest BCUT2D eigenvalue weighted by Gasteiger charge is -2.14. The first-order valence-electron chi connectivity index (χ1n) is 6.28. The average molecular weight is 260 g/mol. The van der Waals surface area contributed by atoms with Crippen molar-refractivity contribution in [1.82, 2.24) is 15.1 Å². The highest BCUT2D eigenvalue weighted by molar-refractivity contribution is 5.97. The van der Waals surface area contributed by atoms with Crippen LogP contribution in [0.5, 0.6) is 0 Å². The topological polar surface area (TPSA) is 88.2 Å². The second kappa shape index (κ2) is 4.46. The average Bonchev–Trinajstić information content (AvgIpc) is 2.97. The van der Waals surface area contributed by atoms with Gasteiger partial charge < -0.3 is 15.1 Å². The van der Waals surface area contributed by atoms with Crippen LogP contribution in [-0.2, 0) is 6.54 Å². The third-order valence-electron chi connectivity index (χ3n) is 3.34. The second-order valence-corrected chi connectivity index (χ2v) is 4.91. The van der Waals surface area contributed by atoms with Crippen molar-refractivity contribution in [2.75, 3.05) is 12.8 Å². The quantitative estimate of drug-likeness (QED) is 0.876. The molecule has 1 amide bonds. The van der Waals surface area contributed by atoms with Crippen LogP contribution in [0.4, 0.5) is 5.69 Å². The third-order valence-corrected chi connectivity index (χ3v) is 3.34. The minimum Gasteiger partial charge on any atom is -0.467 e. The Morgan fingerprint density at radius 2 is 2.42 bits per heavy atom. The highest BCUT2D eigenvalue weighted by Crippen LogP contribution is 2.42. The van der Waals surface area contributed by atoms with Crippen LogP contribution in [0.2, 0.25) is 0 Å². The van der Waals surface area contributed by atoms with E-state index in [2.05, 4.69) is 10.2 Å². The zero-order valence-electron chi connectivity index (χ0n) is 10.7. The molecule has 0 saturated heterocycles. The lowest BCUT2D eigenvalue weighted by Crippen LogP contribution is -2.27. The van der Waals surface area contributed by atoms with E-state index in [4.69, 9.17) is 10.2 Å². The van der Waals surface area contributed by atoms with Gasteiger partial charge in [-0.3, -0.25) is 9.89 Å². The summed E-state index contributed by atoms with van der Waals surface area (Å²) in [5.41, 5.74) is 7.68. The normalized spacial score (nSPS) is 14.6. The summed E-state index contributed by atoms with van der Waals surface area (Å²) in [6.45, 7) is 0.400. The van der Waals surface area contributed by atoms with Crippen LogP contribution in [-0.4, -0.2) is 28.1 Å². The van der Waals surface area contributed by atoms with Crippen molar-refractivity contribution in [3.05, 3.63) is 35.5 Å². The van der Waals surface area contributed by atoms with E-state index in [0.29, 0.717) is 23.8 Å². The maximum Gasteiger partial charge on any atom is 0.276 e. The lowest BCUT2D eigenvalue weighted by molar-refractivity contribution is 0.0770. The Hall–Kier alpha value is -2.24. The lowest BCUT2D eigenvalue weighted by atomic mass is 10.2. The summed E-state index contributed by atoms with van der Waals surface area (Å²) < 4.78 is 5.22. The number of aromatic amines is 1. The molecule has 2 aromatic heterocycles. The number of nitrogens with zero attached hydrogens (tertiary/aromatic N) is 2. The molecule has 1 aliphatic carbocycles. The van der Waals surface area contributed by atoms with Gasteiger partial charge >= 0.3 is 0 Å². The first-order valence-corrected chi connectivity index (χ1v) is 6.28. The van der Waals surface area contributed by atoms with Crippen LogP contribution in [0.25, 0.3) is 0 Å². The highest BCUT2D eigenvalue weighted by Gasteiger charge is 2.31. The number of rotatable bonds is 4. The summed E-state index contributed by atoms with van der Waals surface area (Å²) in [7, 11) is 1.70. The standard InChI is InChI=1S/C13H16N4O2/c1-17(7-9-3-2-6-19-9)13(18)12-10(14)11(15-16-12)8-4-5-8/h2-3,6,8H,4-5,7,14H2,1H3,(H,15,16). The molecular formula is C13H16N4O2. The fraction of sp³-hybridized carbons (Fsp3) is 0.385. The summed E-state index contributed by atoms with van der Waals surface area (Å²) in [5.74, 6) is 0.980. The molecule has 0 radical (unpaired) electrons. The molecule has 1 saturated carbocycles. The molecule has 1 fully saturated rings. The number of carbonyl (C=O) groups is 1. The first kappa shape index (κ1) is 11.8. The third kappa shape index (κ3) is 2.21. The van der Waals surface area contributed by atoms with Crippen LogP contribution in [0.1, 0.15) is 40.7 Å². The molecule has 0 bridgehead atoms. The van der Waals surface area contributed by atoms with Gasteiger partial charge in [-0.1, -0.05) is 0 Å². The molecule has 0 spiro atoms. The number of aromatic nitrogens is 2. The molecule has 3 N–H and O–H groups in total. The van der Waals surface area contributed by atoms with E-state index in [1.54, 1.807) is 24.3 Å². The SMILES string of the molecule is CN(Cc1ccco1)C(=O)c1n[nH]c(C2CC2)c1N. The van der Waals surface area contributed by atoms with Crippen LogP contribution >= 0.6 is 0 Å². The number of H-pyrrole nitrogens is 1. The summed E-state index contributed by atoms with van der Waals surface area (Å²) in [4.78, 5) is 13.8. The van der Waals surface area contributed by atoms with Gasteiger partial charge in [0.2, 0.25) is 0 Å². The van der Waals surface area contributed by atoms with Crippen LogP contribution < -0.4 is 5.73 Å². The fourth-order valence-electron chi connectivity index (χ4n) is 2.10. The maximum atomic E-state index is 12.3. The van der Waals surface area contributed by atoms with Crippen molar-refractivity contribution in [2.24, 2.45) is 0 Å². The van der Waals surface area contributed by atoms with Crippen LogP contribution in [0, 0.1) is 0 Å². The number of hydrogen-bond donors (Lipinski definition) is 2. The Morgan fingerprint density at radius 1 is 1.63 bits per heavy atom. The van der Waals surface area contributed by atoms with Gasteiger partial charge in [0, 0.05) is 13.0 Å². The largest absolute Gasteiger partial charge is 0.467 e. The van der Waals surface area contributed by atoms with E-state index in [9.17, 15) is 4.79 Å². The molecule has 0 unspecified atom stereocenters. The van der Waals surface area contributed by atoms with E-state index in [0.717, 1.165) is 24.3 Å². The molecular weight excluding hydrogens is 244 g/mol. The molecule has 100 valence electrons. The van der Waals surface area contributed by atoms with Gasteiger partial charge in [0.1, 0.15) is 5.76 Å². The molecule has 19 heavy (non-hydrogen) atoms. The van der Waals surface area contributed by atoms with Gasteiger partial charge in [-0.15, -0.1) is 0 Å². The van der Waals surface area contributed by atoms with Crippen molar-refractivity contribution in [1.29, 1.82) is 0 Å². The number of furan rings is 1. The highest BCUT2D eigenvalue weighted by atomic mass is 16.3. The Bertz CT molecular complexity index is 584. The second-order valence-electron chi connectivity index (χ2n) is 4.91. The van der Waals surface area contributed by atoms with Crippen molar-refractivity contribution < 1.29 is 9.21 Å². The van der Waals surface area contributed by atoms with E-state index in [1.165, 1.54) is 0 Å². The zero-order valence-corrected chi connectivity index (χ0v) is 10.7. The van der Waals surface area contributed by atoms with Gasteiger partial charge in [0.15, 0.2) is 5.69 Å². The predicted octanol–water partition coefficient (Wildman–Crippen LogP) is 1.73. The van der Waals surface area contributed by atoms with Crippen molar-refractivity contribution in [3.63, 3.8) is 0 Å². The number of nitrogens with one attached hydrogen (secondary N) is 1. The van der Waals surface area contributed by atoms with Crippen LogP contribution in [0.15, 0.2) is 22.8 Å². The van der Waals surface area contributed by atoms with E-state index < -0.39 is 0 Å². The van der Waals surface area contributed by atoms with Gasteiger partial charge in [-0.2, -0.15) is 5.10 Å². The Balaban J connectivity index is 1.75. The zero-order chi connectivity index (χ0) is 13.4. The molecule has 6 nitrogen and oxygen atoms in total. The van der Waals surface area contributed by atoms with E-state index in [-0.39, 0.29) is 5.91 Å². The molecule has 1 aliphatic rings. The van der Waals surface area contributed by atoms with Gasteiger partial charge in [0.05, 0.1) is 24.2 Å². The summed E-state index contributed by atoms with van der Waals surface area (Å²) in [6, 6.07) is 3.62. The summed E-state index contributed by atoms with van der Waals surface area (Å²) >= 11 is 0. The molecule has 0 aromatic carbocycles. The smallest absolute Gasteiger partial charge is 0.276 e. The summed E-state index contributed by atoms with van der Waals surface area (Å²) in [5, 5.41) is 6.94. The Morgan fingerprint density at radius 3 is 3.05 bits per heavy atom. The molecule has 0 aliphatic heterocycles. The maximum absolute atomic E-state index is 12.3. The van der Waals surface area contributed by atoms with Gasteiger partial charge in [-0.05, 0) is 25.0 Å². The molecule has 6 heteroatoms. The van der Waals surface area contributed by atoms with Gasteiger partial charge in [-0.25, -0.2) is 0 Å². The molecule has 2 aromatic rings. The fourth-order valence-corrected chi connectivity index (χ4v) is 2.10. The van der Waals surface area contributed by atoms with E-state index in [1.807, 2.05) is 6.07 Å². The number of hydrogen-bond acceptors (Lipinski definition) is 4. The predicted molar refractivity (Wildman–Crippen MR) is 69.5 cm³/mol. The molecule has 3 rings (SSSR count). The molecule has 0 atom stereocenters. The van der Waals surface area contributed by atoms with Crippen molar-refractivity contribution in [2.45, 2.75) is 25.3 Å². The van der Waals surface area contributed by atoms with E-state index >= 15 is 0 Å².